The van der Waals surface area contributed by atoms with Crippen LogP contribution in [0.4, 0.5) is 11.4 Å². The monoisotopic (exact) mass is 248 g/mol. The quantitative estimate of drug-likeness (QED) is 0.817. The molecule has 0 saturated carbocycles. The Bertz CT molecular complexity index is 471. The third-order valence-electron chi connectivity index (χ3n) is 3.21. The predicted molar refractivity (Wildman–Crippen MR) is 73.0 cm³/mol. The molecule has 1 atom stereocenters. The lowest BCUT2D eigenvalue weighted by Crippen LogP contribution is -2.27. The smallest absolute Gasteiger partial charge is 0.230 e. The molecule has 1 aliphatic rings. The molecule has 1 aliphatic heterocycles. The van der Waals surface area contributed by atoms with Crippen LogP contribution in [0.1, 0.15) is 32.3 Å². The molecule has 18 heavy (non-hydrogen) atoms. The lowest BCUT2D eigenvalue weighted by molar-refractivity contribution is -0.119. The van der Waals surface area contributed by atoms with Crippen molar-refractivity contribution >= 4 is 17.3 Å². The molecular formula is C14H20N2O2. The van der Waals surface area contributed by atoms with Crippen LogP contribution in [0, 0.1) is 0 Å². The van der Waals surface area contributed by atoms with Gasteiger partial charge in [-0.3, -0.25) is 4.79 Å². The second-order valence-corrected chi connectivity index (χ2v) is 4.87. The first kappa shape index (κ1) is 12.7. The summed E-state index contributed by atoms with van der Waals surface area (Å²) in [6.45, 7) is 4.01. The number of nitrogen functional groups attached to an aromatic ring is 1. The molecule has 1 unspecified atom stereocenters. The van der Waals surface area contributed by atoms with Gasteiger partial charge in [-0.2, -0.15) is 0 Å². The highest BCUT2D eigenvalue weighted by atomic mass is 16.5. The van der Waals surface area contributed by atoms with E-state index in [0.717, 1.165) is 24.1 Å². The fraction of sp³-hybridized carbons (Fsp3) is 0.500. The highest BCUT2D eigenvalue weighted by Crippen LogP contribution is 2.38. The normalized spacial score (nSPS) is 19.2. The van der Waals surface area contributed by atoms with Gasteiger partial charge in [0.15, 0.2) is 5.75 Å². The molecule has 0 spiro atoms. The number of fused-ring (bicyclic) bond motifs is 1. The molecule has 0 bridgehead atoms. The topological polar surface area (TPSA) is 55.6 Å². The van der Waals surface area contributed by atoms with Gasteiger partial charge in [-0.15, -0.1) is 0 Å². The summed E-state index contributed by atoms with van der Waals surface area (Å²) in [5.41, 5.74) is 8.59. The molecule has 2 rings (SSSR count). The Morgan fingerprint density at radius 2 is 2.22 bits per heavy atom. The first-order valence-electron chi connectivity index (χ1n) is 6.38. The second kappa shape index (κ2) is 4.88. The highest BCUT2D eigenvalue weighted by molar-refractivity contribution is 5.96. The van der Waals surface area contributed by atoms with Crippen molar-refractivity contribution in [3.8, 4) is 5.75 Å². The highest BCUT2D eigenvalue weighted by Gasteiger charge is 2.26. The summed E-state index contributed by atoms with van der Waals surface area (Å²) >= 11 is 0. The molecular weight excluding hydrogens is 228 g/mol. The largest absolute Gasteiger partial charge is 0.486 e. The Balaban J connectivity index is 2.51. The van der Waals surface area contributed by atoms with Crippen LogP contribution < -0.4 is 15.4 Å². The minimum atomic E-state index is -0.138. The van der Waals surface area contributed by atoms with Gasteiger partial charge in [-0.25, -0.2) is 0 Å². The molecule has 1 aromatic rings. The summed E-state index contributed by atoms with van der Waals surface area (Å²) in [5.74, 6) is 0.699. The van der Waals surface area contributed by atoms with E-state index in [0.29, 0.717) is 17.9 Å². The van der Waals surface area contributed by atoms with Gasteiger partial charge in [0.25, 0.3) is 0 Å². The van der Waals surface area contributed by atoms with E-state index in [1.807, 2.05) is 19.1 Å². The van der Waals surface area contributed by atoms with Crippen LogP contribution in [-0.4, -0.2) is 19.1 Å². The van der Waals surface area contributed by atoms with Crippen molar-refractivity contribution in [3.63, 3.8) is 0 Å². The fourth-order valence-corrected chi connectivity index (χ4v) is 2.27. The minimum Gasteiger partial charge on any atom is -0.486 e. The van der Waals surface area contributed by atoms with Gasteiger partial charge >= 0.3 is 0 Å². The van der Waals surface area contributed by atoms with Crippen LogP contribution >= 0.6 is 0 Å². The zero-order valence-electron chi connectivity index (χ0n) is 11.2. The van der Waals surface area contributed by atoms with E-state index in [4.69, 9.17) is 10.5 Å². The lowest BCUT2D eigenvalue weighted by Gasteiger charge is -2.19. The Kier molecular flexibility index (Phi) is 3.45. The summed E-state index contributed by atoms with van der Waals surface area (Å²) in [5, 5.41) is 0. The van der Waals surface area contributed by atoms with Crippen molar-refractivity contribution in [1.29, 1.82) is 0 Å². The summed E-state index contributed by atoms with van der Waals surface area (Å²) in [6, 6.07) is 3.95. The number of carbonyl (C=O) groups is 1. The SMILES string of the molecule is CCCc1cc(N)c2c(c1)N(C)C(=O)CC(C)O2. The van der Waals surface area contributed by atoms with E-state index >= 15 is 0 Å². The number of rotatable bonds is 2. The number of carbonyl (C=O) groups excluding carboxylic acids is 1. The fourth-order valence-electron chi connectivity index (χ4n) is 2.27. The average Bonchev–Trinajstić information content (AvgIpc) is 2.40. The number of nitrogens with two attached hydrogens (primary N) is 1. The minimum absolute atomic E-state index is 0.0642. The Morgan fingerprint density at radius 3 is 2.89 bits per heavy atom. The first-order chi connectivity index (χ1) is 8.52. The molecule has 1 heterocycles. The van der Waals surface area contributed by atoms with Gasteiger partial charge in [0, 0.05) is 7.05 Å². The van der Waals surface area contributed by atoms with Crippen LogP contribution in [0.5, 0.6) is 5.75 Å². The van der Waals surface area contributed by atoms with E-state index < -0.39 is 0 Å². The average molecular weight is 248 g/mol. The molecule has 0 fully saturated rings. The summed E-state index contributed by atoms with van der Waals surface area (Å²) in [6.07, 6.45) is 2.25. The zero-order chi connectivity index (χ0) is 13.3. The molecule has 0 radical (unpaired) electrons. The molecule has 0 saturated heterocycles. The Labute approximate surface area is 108 Å². The first-order valence-corrected chi connectivity index (χ1v) is 6.38. The van der Waals surface area contributed by atoms with E-state index in [2.05, 4.69) is 6.92 Å². The van der Waals surface area contributed by atoms with Crippen molar-refractivity contribution in [3.05, 3.63) is 17.7 Å². The lowest BCUT2D eigenvalue weighted by atomic mass is 10.1. The number of anilines is 2. The maximum absolute atomic E-state index is 12.0. The zero-order valence-corrected chi connectivity index (χ0v) is 11.2. The predicted octanol–water partition coefficient (Wildman–Crippen LogP) is 2.36. The van der Waals surface area contributed by atoms with E-state index in [1.54, 1.807) is 11.9 Å². The van der Waals surface area contributed by atoms with Gasteiger partial charge < -0.3 is 15.4 Å². The van der Waals surface area contributed by atoms with Gasteiger partial charge in [0.05, 0.1) is 17.8 Å². The summed E-state index contributed by atoms with van der Waals surface area (Å²) < 4.78 is 5.77. The van der Waals surface area contributed by atoms with Crippen molar-refractivity contribution < 1.29 is 9.53 Å². The summed E-state index contributed by atoms with van der Waals surface area (Å²) in [7, 11) is 1.78. The van der Waals surface area contributed by atoms with Crippen molar-refractivity contribution in [1.82, 2.24) is 0 Å². The molecule has 0 aromatic heterocycles. The number of ether oxygens (including phenoxy) is 1. The van der Waals surface area contributed by atoms with Crippen molar-refractivity contribution in [2.24, 2.45) is 0 Å². The van der Waals surface area contributed by atoms with Crippen LogP contribution in [-0.2, 0) is 11.2 Å². The van der Waals surface area contributed by atoms with Crippen LogP contribution in [0.15, 0.2) is 12.1 Å². The van der Waals surface area contributed by atoms with E-state index in [1.165, 1.54) is 0 Å². The standard InChI is InChI=1S/C14H20N2O2/c1-4-5-10-7-11(15)14-12(8-10)16(3)13(17)6-9(2)18-14/h7-9H,4-6,15H2,1-3H3. The summed E-state index contributed by atoms with van der Waals surface area (Å²) in [4.78, 5) is 13.6. The van der Waals surface area contributed by atoms with Gasteiger partial charge in [0.1, 0.15) is 6.10 Å². The number of hydrogen-bond donors (Lipinski definition) is 1. The van der Waals surface area contributed by atoms with Gasteiger partial charge in [-0.05, 0) is 31.0 Å². The molecule has 1 aromatic carbocycles. The molecule has 4 nitrogen and oxygen atoms in total. The van der Waals surface area contributed by atoms with E-state index in [-0.39, 0.29) is 12.0 Å². The number of nitrogens with zero attached hydrogens (tertiary/aromatic N) is 1. The molecule has 1 amide bonds. The maximum atomic E-state index is 12.0. The third-order valence-corrected chi connectivity index (χ3v) is 3.21. The van der Waals surface area contributed by atoms with Gasteiger partial charge in [0.2, 0.25) is 5.91 Å². The van der Waals surface area contributed by atoms with Crippen LogP contribution in [0.2, 0.25) is 0 Å². The van der Waals surface area contributed by atoms with Crippen molar-refractivity contribution in [2.75, 3.05) is 17.7 Å². The number of hydrogen-bond acceptors (Lipinski definition) is 3. The molecule has 98 valence electrons. The maximum Gasteiger partial charge on any atom is 0.230 e. The second-order valence-electron chi connectivity index (χ2n) is 4.87. The molecule has 0 aliphatic carbocycles. The van der Waals surface area contributed by atoms with Crippen LogP contribution in [0.25, 0.3) is 0 Å². The van der Waals surface area contributed by atoms with Gasteiger partial charge in [-0.1, -0.05) is 13.3 Å². The molecule has 2 N–H and O–H groups in total. The number of aryl methyl sites for hydroxylation is 1. The Hall–Kier alpha value is -1.71. The molecule has 4 heteroatoms. The number of amides is 1. The van der Waals surface area contributed by atoms with Crippen LogP contribution in [0.3, 0.4) is 0 Å². The third kappa shape index (κ3) is 2.28. The van der Waals surface area contributed by atoms with E-state index in [9.17, 15) is 4.79 Å². The Morgan fingerprint density at radius 1 is 1.50 bits per heavy atom. The van der Waals surface area contributed by atoms with Crippen molar-refractivity contribution in [2.45, 2.75) is 39.2 Å². The number of benzene rings is 1.